The third kappa shape index (κ3) is 1.74. The van der Waals surface area contributed by atoms with Gasteiger partial charge in [0, 0.05) is 32.7 Å². The lowest BCUT2D eigenvalue weighted by atomic mass is 10.2. The summed E-state index contributed by atoms with van der Waals surface area (Å²) in [6.45, 7) is 0. The first-order chi connectivity index (χ1) is 10.2. The molecule has 0 atom stereocenters. The number of rotatable bonds is 2. The van der Waals surface area contributed by atoms with Crippen LogP contribution in [-0.4, -0.2) is 43.9 Å². The zero-order chi connectivity index (χ0) is 14.4. The van der Waals surface area contributed by atoms with Crippen molar-refractivity contribution in [2.24, 2.45) is 0 Å². The second kappa shape index (κ2) is 4.27. The molecule has 0 aliphatic carbocycles. The highest BCUT2D eigenvalue weighted by Gasteiger charge is 2.12. The number of anilines is 1. The highest BCUT2D eigenvalue weighted by molar-refractivity contribution is 5.92. The number of hydrogen-bond donors (Lipinski definition) is 1. The van der Waals surface area contributed by atoms with E-state index in [1.807, 2.05) is 43.5 Å². The van der Waals surface area contributed by atoms with E-state index in [4.69, 9.17) is 0 Å². The molecule has 0 radical (unpaired) electrons. The monoisotopic (exact) mass is 279 g/mol. The molecule has 0 fully saturated rings. The van der Waals surface area contributed by atoms with Crippen molar-refractivity contribution >= 4 is 22.4 Å². The number of hydrogen-bond acceptors (Lipinski definition) is 5. The molecule has 7 heteroatoms. The van der Waals surface area contributed by atoms with Gasteiger partial charge in [0.25, 0.3) is 0 Å². The third-order valence-electron chi connectivity index (χ3n) is 3.41. The Balaban J connectivity index is 1.91. The molecule has 0 saturated carbocycles. The third-order valence-corrected chi connectivity index (χ3v) is 3.41. The number of nitrogens with one attached hydrogen (secondary N) is 1. The molecular weight excluding hydrogens is 266 g/mol. The number of pyridine rings is 1. The van der Waals surface area contributed by atoms with Crippen LogP contribution < -0.4 is 4.90 Å². The quantitative estimate of drug-likeness (QED) is 0.605. The van der Waals surface area contributed by atoms with E-state index in [0.29, 0.717) is 0 Å². The van der Waals surface area contributed by atoms with Crippen LogP contribution in [-0.2, 0) is 0 Å². The summed E-state index contributed by atoms with van der Waals surface area (Å²) in [5, 5.41) is 12.6. The standard InChI is InChI=1S/C14H13N7/c1-20(2)14-9-7-16-11(6-12(9)18-19-14)10-8-17-21-5-3-4-15-13(10)21/h3-8H,1-2H3,(H,18,19). The van der Waals surface area contributed by atoms with Crippen molar-refractivity contribution in [3.05, 3.63) is 36.9 Å². The predicted octanol–water partition coefficient (Wildman–Crippen LogP) is 1.73. The molecule has 4 aromatic rings. The van der Waals surface area contributed by atoms with Crippen molar-refractivity contribution in [2.45, 2.75) is 0 Å². The Bertz CT molecular complexity index is 935. The summed E-state index contributed by atoms with van der Waals surface area (Å²) in [6, 6.07) is 3.82. The predicted molar refractivity (Wildman–Crippen MR) is 80.2 cm³/mol. The molecule has 0 bridgehead atoms. The minimum atomic E-state index is 0.789. The average Bonchev–Trinajstić information content (AvgIpc) is 3.10. The molecule has 104 valence electrons. The van der Waals surface area contributed by atoms with Crippen LogP contribution >= 0.6 is 0 Å². The summed E-state index contributed by atoms with van der Waals surface area (Å²) in [5.41, 5.74) is 3.46. The fourth-order valence-corrected chi connectivity index (χ4v) is 2.40. The zero-order valence-corrected chi connectivity index (χ0v) is 11.6. The minimum Gasteiger partial charge on any atom is -0.361 e. The van der Waals surface area contributed by atoms with Crippen molar-refractivity contribution in [1.82, 2.24) is 29.8 Å². The molecule has 0 unspecified atom stereocenters. The molecule has 4 heterocycles. The van der Waals surface area contributed by atoms with Gasteiger partial charge in [-0.05, 0) is 12.1 Å². The summed E-state index contributed by atoms with van der Waals surface area (Å²) in [7, 11) is 3.91. The number of nitrogens with zero attached hydrogens (tertiary/aromatic N) is 6. The molecule has 0 saturated heterocycles. The Morgan fingerprint density at radius 2 is 2.10 bits per heavy atom. The Labute approximate surface area is 120 Å². The van der Waals surface area contributed by atoms with Crippen LogP contribution in [0.2, 0.25) is 0 Å². The lowest BCUT2D eigenvalue weighted by molar-refractivity contribution is 0.939. The van der Waals surface area contributed by atoms with Crippen LogP contribution in [0.4, 0.5) is 5.82 Å². The molecule has 1 N–H and O–H groups in total. The molecular formula is C14H13N7. The fraction of sp³-hybridized carbons (Fsp3) is 0.143. The van der Waals surface area contributed by atoms with Gasteiger partial charge in [0.15, 0.2) is 11.5 Å². The van der Waals surface area contributed by atoms with Crippen molar-refractivity contribution in [3.63, 3.8) is 0 Å². The van der Waals surface area contributed by atoms with Crippen molar-refractivity contribution in [3.8, 4) is 11.3 Å². The van der Waals surface area contributed by atoms with E-state index in [-0.39, 0.29) is 0 Å². The maximum Gasteiger partial charge on any atom is 0.164 e. The minimum absolute atomic E-state index is 0.789. The second-order valence-corrected chi connectivity index (χ2v) is 5.00. The average molecular weight is 279 g/mol. The van der Waals surface area contributed by atoms with E-state index < -0.39 is 0 Å². The van der Waals surface area contributed by atoms with E-state index in [9.17, 15) is 0 Å². The van der Waals surface area contributed by atoms with E-state index in [1.165, 1.54) is 0 Å². The van der Waals surface area contributed by atoms with E-state index in [2.05, 4.69) is 25.3 Å². The number of aromatic nitrogens is 6. The van der Waals surface area contributed by atoms with E-state index in [1.54, 1.807) is 16.9 Å². The molecule has 7 nitrogen and oxygen atoms in total. The van der Waals surface area contributed by atoms with Crippen LogP contribution in [0.25, 0.3) is 27.8 Å². The molecule has 0 aromatic carbocycles. The second-order valence-electron chi connectivity index (χ2n) is 5.00. The summed E-state index contributed by atoms with van der Waals surface area (Å²) in [6.07, 6.45) is 7.22. The molecule has 0 aliphatic rings. The summed E-state index contributed by atoms with van der Waals surface area (Å²) >= 11 is 0. The Morgan fingerprint density at radius 1 is 1.19 bits per heavy atom. The van der Waals surface area contributed by atoms with Gasteiger partial charge in [0.2, 0.25) is 0 Å². The van der Waals surface area contributed by atoms with Gasteiger partial charge < -0.3 is 4.90 Å². The smallest absolute Gasteiger partial charge is 0.164 e. The number of aromatic amines is 1. The lowest BCUT2D eigenvalue weighted by Crippen LogP contribution is -2.09. The summed E-state index contributed by atoms with van der Waals surface area (Å²) in [4.78, 5) is 10.8. The summed E-state index contributed by atoms with van der Waals surface area (Å²) in [5.74, 6) is 0.877. The lowest BCUT2D eigenvalue weighted by Gasteiger charge is -2.07. The maximum atomic E-state index is 4.53. The van der Waals surface area contributed by atoms with Crippen molar-refractivity contribution in [1.29, 1.82) is 0 Å². The van der Waals surface area contributed by atoms with Gasteiger partial charge in [-0.2, -0.15) is 10.2 Å². The van der Waals surface area contributed by atoms with Crippen molar-refractivity contribution in [2.75, 3.05) is 19.0 Å². The van der Waals surface area contributed by atoms with Gasteiger partial charge >= 0.3 is 0 Å². The SMILES string of the molecule is CN(C)c1n[nH]c2cc(-c3cnn4cccnc34)ncc12. The number of fused-ring (bicyclic) bond motifs is 2. The largest absolute Gasteiger partial charge is 0.361 e. The maximum absolute atomic E-state index is 4.53. The highest BCUT2D eigenvalue weighted by atomic mass is 15.3. The van der Waals surface area contributed by atoms with Crippen LogP contribution in [0.15, 0.2) is 36.9 Å². The Morgan fingerprint density at radius 3 is 2.95 bits per heavy atom. The molecule has 4 rings (SSSR count). The van der Waals surface area contributed by atoms with Crippen LogP contribution in [0.5, 0.6) is 0 Å². The summed E-state index contributed by atoms with van der Waals surface area (Å²) < 4.78 is 1.74. The zero-order valence-electron chi connectivity index (χ0n) is 11.6. The van der Waals surface area contributed by atoms with Crippen molar-refractivity contribution < 1.29 is 0 Å². The Kier molecular flexibility index (Phi) is 2.41. The van der Waals surface area contributed by atoms with Gasteiger partial charge in [0.1, 0.15) is 0 Å². The van der Waals surface area contributed by atoms with E-state index >= 15 is 0 Å². The highest BCUT2D eigenvalue weighted by Crippen LogP contribution is 2.27. The fourth-order valence-electron chi connectivity index (χ4n) is 2.40. The van der Waals surface area contributed by atoms with Gasteiger partial charge in [-0.3, -0.25) is 10.1 Å². The normalized spacial score (nSPS) is 11.3. The topological polar surface area (TPSA) is 75.0 Å². The van der Waals surface area contributed by atoms with Crippen LogP contribution in [0.3, 0.4) is 0 Å². The van der Waals surface area contributed by atoms with Crippen LogP contribution in [0.1, 0.15) is 0 Å². The van der Waals surface area contributed by atoms with Gasteiger partial charge in [-0.15, -0.1) is 0 Å². The molecule has 4 aromatic heterocycles. The number of H-pyrrole nitrogens is 1. The molecule has 0 aliphatic heterocycles. The first kappa shape index (κ1) is 11.8. The van der Waals surface area contributed by atoms with Gasteiger partial charge in [0.05, 0.1) is 28.4 Å². The van der Waals surface area contributed by atoms with E-state index in [0.717, 1.165) is 33.6 Å². The molecule has 0 amide bonds. The molecule has 0 spiro atoms. The first-order valence-electron chi connectivity index (χ1n) is 6.54. The molecule has 21 heavy (non-hydrogen) atoms. The van der Waals surface area contributed by atoms with Gasteiger partial charge in [-0.25, -0.2) is 9.50 Å². The van der Waals surface area contributed by atoms with Gasteiger partial charge in [-0.1, -0.05) is 0 Å². The first-order valence-corrected chi connectivity index (χ1v) is 6.54. The van der Waals surface area contributed by atoms with Crippen LogP contribution in [0, 0.1) is 0 Å². The Hall–Kier alpha value is -2.96.